The van der Waals surface area contributed by atoms with E-state index in [0.29, 0.717) is 6.42 Å². The molecule has 9 heteroatoms. The molecule has 0 heterocycles. The van der Waals surface area contributed by atoms with Crippen molar-refractivity contribution in [2.75, 3.05) is 13.1 Å². The van der Waals surface area contributed by atoms with Gasteiger partial charge in [0.1, 0.15) is 12.6 Å². The van der Waals surface area contributed by atoms with Crippen molar-refractivity contribution in [1.82, 2.24) is 16.0 Å². The second-order valence-corrected chi connectivity index (χ2v) is 6.94. The number of carboxylic acid groups (broad SMARTS) is 1. The van der Waals surface area contributed by atoms with E-state index >= 15 is 0 Å². The zero-order valence-electron chi connectivity index (χ0n) is 16.9. The Hall–Kier alpha value is -3.72. The summed E-state index contributed by atoms with van der Waals surface area (Å²) in [5, 5.41) is 16.0. The first kappa shape index (κ1) is 23.6. The Morgan fingerprint density at radius 3 is 1.84 bits per heavy atom. The molecule has 6 N–H and O–H groups in total. The molecule has 0 bridgehead atoms. The summed E-state index contributed by atoms with van der Waals surface area (Å²) in [7, 11) is 0. The van der Waals surface area contributed by atoms with Crippen molar-refractivity contribution in [2.45, 2.75) is 24.9 Å². The molecule has 31 heavy (non-hydrogen) atoms. The summed E-state index contributed by atoms with van der Waals surface area (Å²) in [6.45, 7) is -0.927. The lowest BCUT2D eigenvalue weighted by molar-refractivity contribution is -0.138. The first-order valence-corrected chi connectivity index (χ1v) is 9.75. The molecule has 0 aliphatic rings. The molecule has 0 aliphatic carbocycles. The Kier molecular flexibility index (Phi) is 9.18. The van der Waals surface area contributed by atoms with Gasteiger partial charge >= 0.3 is 5.97 Å². The smallest absolute Gasteiger partial charge is 0.322 e. The highest BCUT2D eigenvalue weighted by atomic mass is 16.4. The maximum Gasteiger partial charge on any atom is 0.322 e. The van der Waals surface area contributed by atoms with Crippen LogP contribution < -0.4 is 21.7 Å². The second kappa shape index (κ2) is 12.1. The maximum absolute atomic E-state index is 12.3. The number of nitrogens with two attached hydrogens (primary N) is 1. The van der Waals surface area contributed by atoms with Crippen LogP contribution in [0.15, 0.2) is 60.7 Å². The molecule has 2 atom stereocenters. The van der Waals surface area contributed by atoms with Crippen LogP contribution in [0.4, 0.5) is 0 Å². The third-order valence-electron chi connectivity index (χ3n) is 4.41. The highest BCUT2D eigenvalue weighted by molar-refractivity contribution is 5.92. The number of aliphatic carboxylic acids is 1. The highest BCUT2D eigenvalue weighted by Crippen LogP contribution is 2.04. The summed E-state index contributed by atoms with van der Waals surface area (Å²) in [5.41, 5.74) is 7.57. The van der Waals surface area contributed by atoms with Crippen LogP contribution >= 0.6 is 0 Å². The fraction of sp³-hybridized carbons (Fsp3) is 0.273. The lowest BCUT2D eigenvalue weighted by Gasteiger charge is -2.19. The highest BCUT2D eigenvalue weighted by Gasteiger charge is 2.22. The van der Waals surface area contributed by atoms with Crippen LogP contribution in [-0.2, 0) is 32.0 Å². The van der Waals surface area contributed by atoms with Gasteiger partial charge in [-0.15, -0.1) is 0 Å². The molecule has 2 rings (SSSR count). The van der Waals surface area contributed by atoms with Gasteiger partial charge in [-0.3, -0.25) is 19.2 Å². The van der Waals surface area contributed by atoms with Crippen LogP contribution in [0, 0.1) is 0 Å². The van der Waals surface area contributed by atoms with Crippen molar-refractivity contribution < 1.29 is 24.3 Å². The normalized spacial score (nSPS) is 12.3. The molecule has 9 nitrogen and oxygen atoms in total. The van der Waals surface area contributed by atoms with Crippen LogP contribution in [0.3, 0.4) is 0 Å². The van der Waals surface area contributed by atoms with E-state index in [4.69, 9.17) is 10.8 Å². The topological polar surface area (TPSA) is 151 Å². The van der Waals surface area contributed by atoms with E-state index in [1.807, 2.05) is 36.4 Å². The Balaban J connectivity index is 1.90. The van der Waals surface area contributed by atoms with Gasteiger partial charge in [0.2, 0.25) is 17.7 Å². The van der Waals surface area contributed by atoms with Crippen LogP contribution in [0.5, 0.6) is 0 Å². The Morgan fingerprint density at radius 2 is 1.29 bits per heavy atom. The van der Waals surface area contributed by atoms with Gasteiger partial charge in [0.25, 0.3) is 0 Å². The van der Waals surface area contributed by atoms with Crippen molar-refractivity contribution in [3.8, 4) is 0 Å². The van der Waals surface area contributed by atoms with Gasteiger partial charge in [0.15, 0.2) is 0 Å². The maximum atomic E-state index is 12.3. The molecule has 0 saturated heterocycles. The number of carbonyl (C=O) groups is 4. The van der Waals surface area contributed by atoms with Crippen molar-refractivity contribution >= 4 is 23.7 Å². The molecule has 0 spiro atoms. The predicted molar refractivity (Wildman–Crippen MR) is 114 cm³/mol. The van der Waals surface area contributed by atoms with E-state index in [1.165, 1.54) is 0 Å². The summed E-state index contributed by atoms with van der Waals surface area (Å²) in [6, 6.07) is 16.4. The fourth-order valence-electron chi connectivity index (χ4n) is 2.85. The van der Waals surface area contributed by atoms with E-state index < -0.39 is 42.3 Å². The standard InChI is InChI=1S/C22H26N4O5/c23-17(11-15-7-3-1-4-8-15)21(30)24-13-19(27)26-18(22(31)25-14-20(28)29)12-16-9-5-2-6-10-16/h1-10,17-18H,11-14,23H2,(H,24,30)(H,25,31)(H,26,27)(H,28,29)/t17-,18+/m1/s1. The minimum absolute atomic E-state index is 0.166. The number of benzene rings is 2. The number of hydrogen-bond acceptors (Lipinski definition) is 5. The molecule has 2 aromatic rings. The van der Waals surface area contributed by atoms with Gasteiger partial charge in [-0.05, 0) is 17.5 Å². The van der Waals surface area contributed by atoms with Crippen molar-refractivity contribution in [1.29, 1.82) is 0 Å². The van der Waals surface area contributed by atoms with E-state index in [2.05, 4.69) is 16.0 Å². The quantitative estimate of drug-likeness (QED) is 0.330. The average molecular weight is 426 g/mol. The minimum Gasteiger partial charge on any atom is -0.480 e. The molecule has 0 radical (unpaired) electrons. The summed E-state index contributed by atoms with van der Waals surface area (Å²) in [4.78, 5) is 47.5. The zero-order valence-corrected chi connectivity index (χ0v) is 16.9. The van der Waals surface area contributed by atoms with Gasteiger partial charge in [-0.2, -0.15) is 0 Å². The number of rotatable bonds is 11. The number of amides is 3. The van der Waals surface area contributed by atoms with Crippen molar-refractivity contribution in [2.24, 2.45) is 5.73 Å². The van der Waals surface area contributed by atoms with Crippen molar-refractivity contribution in [3.63, 3.8) is 0 Å². The average Bonchev–Trinajstić information content (AvgIpc) is 2.76. The predicted octanol–water partition coefficient (Wildman–Crippen LogP) is -0.399. The third-order valence-corrected chi connectivity index (χ3v) is 4.41. The van der Waals surface area contributed by atoms with Crippen LogP contribution in [0.25, 0.3) is 0 Å². The first-order valence-electron chi connectivity index (χ1n) is 9.75. The molecule has 0 aliphatic heterocycles. The van der Waals surface area contributed by atoms with E-state index in [0.717, 1.165) is 11.1 Å². The molecular formula is C22H26N4O5. The monoisotopic (exact) mass is 426 g/mol. The van der Waals surface area contributed by atoms with Gasteiger partial charge < -0.3 is 26.8 Å². The fourth-order valence-corrected chi connectivity index (χ4v) is 2.85. The molecule has 0 fully saturated rings. The van der Waals surface area contributed by atoms with Gasteiger partial charge in [-0.25, -0.2) is 0 Å². The van der Waals surface area contributed by atoms with Crippen LogP contribution in [0.2, 0.25) is 0 Å². The zero-order chi connectivity index (χ0) is 22.6. The second-order valence-electron chi connectivity index (χ2n) is 6.94. The largest absolute Gasteiger partial charge is 0.480 e. The van der Waals surface area contributed by atoms with E-state index in [9.17, 15) is 19.2 Å². The number of nitrogens with one attached hydrogen (secondary N) is 3. The molecule has 3 amide bonds. The Morgan fingerprint density at radius 1 is 0.774 bits per heavy atom. The summed E-state index contributed by atoms with van der Waals surface area (Å²) >= 11 is 0. The molecular weight excluding hydrogens is 400 g/mol. The Bertz CT molecular complexity index is 889. The minimum atomic E-state index is -1.20. The molecule has 2 aromatic carbocycles. The van der Waals surface area contributed by atoms with Gasteiger partial charge in [0, 0.05) is 6.42 Å². The van der Waals surface area contributed by atoms with Crippen LogP contribution in [0.1, 0.15) is 11.1 Å². The summed E-state index contributed by atoms with van der Waals surface area (Å²) < 4.78 is 0. The molecule has 0 unspecified atom stereocenters. The lowest BCUT2D eigenvalue weighted by atomic mass is 10.1. The first-order chi connectivity index (χ1) is 14.8. The van der Waals surface area contributed by atoms with E-state index in [1.54, 1.807) is 24.3 Å². The number of carboxylic acids is 1. The SMILES string of the molecule is N[C@H](Cc1ccccc1)C(=O)NCC(=O)N[C@@H](Cc1ccccc1)C(=O)NCC(=O)O. The van der Waals surface area contributed by atoms with Gasteiger partial charge in [0.05, 0.1) is 12.6 Å². The number of hydrogen-bond donors (Lipinski definition) is 5. The Labute approximate surface area is 180 Å². The summed E-state index contributed by atoms with van der Waals surface area (Å²) in [6.07, 6.45) is 0.488. The lowest BCUT2D eigenvalue weighted by Crippen LogP contribution is -2.52. The van der Waals surface area contributed by atoms with Crippen LogP contribution in [-0.4, -0.2) is 54.0 Å². The van der Waals surface area contributed by atoms with E-state index in [-0.39, 0.29) is 13.0 Å². The summed E-state index contributed by atoms with van der Waals surface area (Å²) in [5.74, 6) is -2.91. The molecule has 164 valence electrons. The third kappa shape index (κ3) is 8.67. The van der Waals surface area contributed by atoms with Crippen molar-refractivity contribution in [3.05, 3.63) is 71.8 Å². The molecule has 0 saturated carbocycles. The number of carbonyl (C=O) groups excluding carboxylic acids is 3. The molecule has 0 aromatic heterocycles. The van der Waals surface area contributed by atoms with Gasteiger partial charge in [-0.1, -0.05) is 60.7 Å².